The molecule has 39 heavy (non-hydrogen) atoms. The zero-order valence-electron chi connectivity index (χ0n) is 20.9. The van der Waals surface area contributed by atoms with Crippen LogP contribution in [0.4, 0.5) is 8.78 Å². The molecule has 3 heterocycles. The van der Waals surface area contributed by atoms with Gasteiger partial charge in [0, 0.05) is 0 Å². The van der Waals surface area contributed by atoms with Crippen LogP contribution >= 0.6 is 0 Å². The first-order valence-electron chi connectivity index (χ1n) is 12.9. The number of fused-ring (bicyclic) bond motifs is 3. The number of hydrogen-bond donors (Lipinski definition) is 0. The van der Waals surface area contributed by atoms with Crippen LogP contribution in [0, 0.1) is 17.0 Å². The van der Waals surface area contributed by atoms with Crippen molar-refractivity contribution in [2.24, 2.45) is 5.41 Å². The molecule has 1 aliphatic carbocycles. The number of hydrogen-bond acceptors (Lipinski definition) is 4. The second-order valence-electron chi connectivity index (χ2n) is 10.3. The number of carbonyl (C=O) groups excluding carboxylic acids is 1. The van der Waals surface area contributed by atoms with Crippen molar-refractivity contribution < 1.29 is 18.3 Å². The van der Waals surface area contributed by atoms with Gasteiger partial charge in [0.15, 0.2) is 0 Å². The normalized spacial score (nSPS) is 18.7. The number of rotatable bonds is 4. The van der Waals surface area contributed by atoms with Gasteiger partial charge in [-0.1, -0.05) is 6.07 Å². The van der Waals surface area contributed by atoms with Gasteiger partial charge in [0.2, 0.25) is 0 Å². The Morgan fingerprint density at radius 1 is 0.923 bits per heavy atom. The van der Waals surface area contributed by atoms with Crippen molar-refractivity contribution in [3.8, 4) is 5.75 Å². The number of aromatic nitrogens is 1. The summed E-state index contributed by atoms with van der Waals surface area (Å²) in [6.45, 7) is 0.555. The number of ketones is 1. The molecule has 196 valence electrons. The molecule has 1 saturated carbocycles. The molecule has 1 fully saturated rings. The van der Waals surface area contributed by atoms with Crippen LogP contribution in [0.3, 0.4) is 0 Å². The summed E-state index contributed by atoms with van der Waals surface area (Å²) in [7, 11) is 0. The van der Waals surface area contributed by atoms with Crippen LogP contribution in [0.1, 0.15) is 51.6 Å². The Balaban J connectivity index is 1.42. The van der Waals surface area contributed by atoms with E-state index < -0.39 is 23.1 Å². The van der Waals surface area contributed by atoms with Crippen LogP contribution < -0.4 is 19.6 Å². The van der Waals surface area contributed by atoms with E-state index in [2.05, 4.69) is 5.01 Å². The molecule has 1 spiro atoms. The molecule has 0 radical (unpaired) electrons. The van der Waals surface area contributed by atoms with Crippen molar-refractivity contribution in [3.05, 3.63) is 129 Å². The summed E-state index contributed by atoms with van der Waals surface area (Å²) >= 11 is -0.103. The van der Waals surface area contributed by atoms with Gasteiger partial charge in [-0.25, -0.2) is 0 Å². The van der Waals surface area contributed by atoms with E-state index in [9.17, 15) is 14.0 Å². The monoisotopic (exact) mass is 590 g/mol. The molecule has 0 amide bonds. The first-order valence-corrected chi connectivity index (χ1v) is 15.0. The Bertz CT molecular complexity index is 1680. The fraction of sp³-hybridized carbons (Fsp3) is 0.226. The Morgan fingerprint density at radius 3 is 2.49 bits per heavy atom. The van der Waals surface area contributed by atoms with Crippen LogP contribution in [-0.2, 0) is 11.9 Å². The predicted octanol–water partition coefficient (Wildman–Crippen LogP) is 4.25. The summed E-state index contributed by atoms with van der Waals surface area (Å²) in [5.74, 6) is -1.74. The zero-order chi connectivity index (χ0) is 26.7. The number of halogens is 2. The summed E-state index contributed by atoms with van der Waals surface area (Å²) in [5, 5.41) is 2.48. The second kappa shape index (κ2) is 9.18. The SMILES string of the molecule is O=C1c2c(OCc3ccccc3)c(=O)ccn2N([C@H]2c3ccccc3[Se]Cc3c2ccc(F)c3F)CC12CC2. The molecule has 0 unspecified atom stereocenters. The van der Waals surface area contributed by atoms with Crippen molar-refractivity contribution in [3.63, 3.8) is 0 Å². The van der Waals surface area contributed by atoms with Crippen molar-refractivity contribution in [1.82, 2.24) is 4.68 Å². The average Bonchev–Trinajstić information content (AvgIpc) is 3.75. The van der Waals surface area contributed by atoms with Crippen molar-refractivity contribution in [2.45, 2.75) is 30.8 Å². The fourth-order valence-corrected chi connectivity index (χ4v) is 8.09. The number of Topliss-reactive ketones (excluding diaryl/α,β-unsaturated/α-hetero) is 1. The number of benzene rings is 3. The van der Waals surface area contributed by atoms with Gasteiger partial charge in [0.25, 0.3) is 0 Å². The summed E-state index contributed by atoms with van der Waals surface area (Å²) in [4.78, 5) is 27.0. The Kier molecular flexibility index (Phi) is 5.72. The van der Waals surface area contributed by atoms with Gasteiger partial charge in [-0.3, -0.25) is 0 Å². The maximum atomic E-state index is 15.2. The molecular formula is C31H24F2N2O3Se. The van der Waals surface area contributed by atoms with Gasteiger partial charge in [-0.2, -0.15) is 0 Å². The van der Waals surface area contributed by atoms with Gasteiger partial charge < -0.3 is 0 Å². The third kappa shape index (κ3) is 3.93. The molecule has 0 N–H and O–H groups in total. The van der Waals surface area contributed by atoms with E-state index in [0.29, 0.717) is 35.8 Å². The van der Waals surface area contributed by atoms with Crippen molar-refractivity contribution in [1.29, 1.82) is 0 Å². The first-order chi connectivity index (χ1) is 19.0. The third-order valence-electron chi connectivity index (χ3n) is 7.96. The quantitative estimate of drug-likeness (QED) is 0.334. The fourth-order valence-electron chi connectivity index (χ4n) is 5.75. The van der Waals surface area contributed by atoms with Gasteiger partial charge >= 0.3 is 224 Å². The van der Waals surface area contributed by atoms with Crippen LogP contribution in [0.5, 0.6) is 5.75 Å². The molecule has 7 rings (SSSR count). The van der Waals surface area contributed by atoms with Crippen molar-refractivity contribution >= 4 is 25.2 Å². The molecule has 0 bridgehead atoms. The van der Waals surface area contributed by atoms with Gasteiger partial charge in [0.1, 0.15) is 0 Å². The van der Waals surface area contributed by atoms with Gasteiger partial charge in [0.05, 0.1) is 0 Å². The van der Waals surface area contributed by atoms with E-state index in [-0.39, 0.29) is 44.2 Å². The molecule has 0 saturated heterocycles. The van der Waals surface area contributed by atoms with Crippen LogP contribution in [0.15, 0.2) is 83.8 Å². The minimum atomic E-state index is -0.859. The molecule has 4 aromatic rings. The summed E-state index contributed by atoms with van der Waals surface area (Å²) in [5.41, 5.74) is 2.17. The Morgan fingerprint density at radius 2 is 1.69 bits per heavy atom. The zero-order valence-corrected chi connectivity index (χ0v) is 22.6. The second-order valence-corrected chi connectivity index (χ2v) is 12.5. The Hall–Kier alpha value is -3.74. The van der Waals surface area contributed by atoms with Crippen LogP contribution in [0.2, 0.25) is 0 Å². The number of ether oxygens (including phenoxy) is 1. The van der Waals surface area contributed by atoms with E-state index in [1.165, 1.54) is 12.1 Å². The molecule has 1 atom stereocenters. The van der Waals surface area contributed by atoms with E-state index in [1.54, 1.807) is 16.9 Å². The van der Waals surface area contributed by atoms with Gasteiger partial charge in [-0.05, 0) is 0 Å². The molecule has 3 aliphatic rings. The topological polar surface area (TPSA) is 51.5 Å². The van der Waals surface area contributed by atoms with Crippen LogP contribution in [0.25, 0.3) is 0 Å². The number of pyridine rings is 1. The first kappa shape index (κ1) is 24.3. The standard InChI is InChI=1S/C31H24F2N2O3Se/c32-23-11-10-20-22(26(23)33)17-39-25-9-5-4-8-21(25)27(20)35-18-31(13-14-31)30(37)28-29(24(36)12-15-34(28)35)38-16-19-6-2-1-3-7-19/h1-12,15,27H,13-14,16-18H2/t27-/m1/s1. The maximum absolute atomic E-state index is 15.2. The molecule has 2 aliphatic heterocycles. The number of nitrogens with zero attached hydrogens (tertiary/aromatic N) is 2. The van der Waals surface area contributed by atoms with E-state index in [0.717, 1.165) is 15.6 Å². The average molecular weight is 590 g/mol. The van der Waals surface area contributed by atoms with E-state index in [1.807, 2.05) is 54.6 Å². The van der Waals surface area contributed by atoms with Crippen LogP contribution in [-0.4, -0.2) is 32.0 Å². The number of carbonyl (C=O) groups is 1. The molecule has 1 aromatic heterocycles. The summed E-state index contributed by atoms with van der Waals surface area (Å²) < 4.78 is 38.5. The van der Waals surface area contributed by atoms with E-state index >= 15 is 4.39 Å². The van der Waals surface area contributed by atoms with E-state index in [4.69, 9.17) is 4.74 Å². The Labute approximate surface area is 230 Å². The summed E-state index contributed by atoms with van der Waals surface area (Å²) in [6, 6.07) is 21.3. The van der Waals surface area contributed by atoms with Gasteiger partial charge in [-0.15, -0.1) is 0 Å². The molecular weight excluding hydrogens is 565 g/mol. The molecule has 3 aromatic carbocycles. The summed E-state index contributed by atoms with van der Waals surface area (Å²) in [6.07, 6.45) is 3.01. The predicted molar refractivity (Wildman–Crippen MR) is 144 cm³/mol. The minimum absolute atomic E-state index is 0.0268. The third-order valence-corrected chi connectivity index (χ3v) is 10.3. The molecule has 8 heteroatoms. The van der Waals surface area contributed by atoms with Crippen molar-refractivity contribution in [2.75, 3.05) is 11.6 Å². The molecule has 5 nitrogen and oxygen atoms in total.